The molecule has 0 atom stereocenters. The molecule has 1 aliphatic heterocycles. The number of para-hydroxylation sites is 1. The molecule has 1 saturated heterocycles. The molecule has 2 aromatic heterocycles. The van der Waals surface area contributed by atoms with Gasteiger partial charge in [0.15, 0.2) is 0 Å². The number of thiazole rings is 1. The second-order valence-electron chi connectivity index (χ2n) is 5.85. The number of rotatable bonds is 4. The summed E-state index contributed by atoms with van der Waals surface area (Å²) in [6.45, 7) is 0.822. The first-order valence-electron chi connectivity index (χ1n) is 7.91. The second kappa shape index (κ2) is 7.26. The van der Waals surface area contributed by atoms with E-state index >= 15 is 0 Å². The zero-order valence-corrected chi connectivity index (χ0v) is 17.4. The van der Waals surface area contributed by atoms with Gasteiger partial charge in [-0.05, 0) is 37.1 Å². The minimum absolute atomic E-state index is 0.0623. The molecule has 0 bridgehead atoms. The van der Waals surface area contributed by atoms with Crippen LogP contribution in [0.5, 0.6) is 5.19 Å². The molecule has 1 fully saturated rings. The zero-order chi connectivity index (χ0) is 18.3. The van der Waals surface area contributed by atoms with E-state index in [0.29, 0.717) is 40.5 Å². The SMILES string of the molecule is O=S(=O)(c1ccc(Cl)s1)N1CCC(Oc2nc3c(Cl)cccc3s2)CC1. The van der Waals surface area contributed by atoms with Crippen LogP contribution >= 0.6 is 45.9 Å². The highest BCUT2D eigenvalue weighted by atomic mass is 35.5. The van der Waals surface area contributed by atoms with Crippen LogP contribution in [0.3, 0.4) is 0 Å². The van der Waals surface area contributed by atoms with Gasteiger partial charge in [-0.15, -0.1) is 11.3 Å². The number of sulfonamides is 1. The Morgan fingerprint density at radius 2 is 1.88 bits per heavy atom. The molecule has 0 radical (unpaired) electrons. The fraction of sp³-hybridized carbons (Fsp3) is 0.312. The number of halogens is 2. The Hall–Kier alpha value is -0.900. The first kappa shape index (κ1) is 18.5. The van der Waals surface area contributed by atoms with Gasteiger partial charge in [0.05, 0.1) is 14.1 Å². The Kier molecular flexibility index (Phi) is 5.15. The summed E-state index contributed by atoms with van der Waals surface area (Å²) in [7, 11) is -3.48. The summed E-state index contributed by atoms with van der Waals surface area (Å²) in [5, 5.41) is 1.17. The largest absolute Gasteiger partial charge is 0.467 e. The van der Waals surface area contributed by atoms with E-state index in [1.807, 2.05) is 12.1 Å². The molecule has 10 heteroatoms. The highest BCUT2D eigenvalue weighted by Crippen LogP contribution is 2.34. The van der Waals surface area contributed by atoms with Crippen molar-refractivity contribution in [3.63, 3.8) is 0 Å². The third-order valence-electron chi connectivity index (χ3n) is 4.16. The second-order valence-corrected chi connectivity index (χ2v) is 11.1. The molecular formula is C16H14Cl2N2O3S3. The Balaban J connectivity index is 1.42. The van der Waals surface area contributed by atoms with Gasteiger partial charge >= 0.3 is 0 Å². The van der Waals surface area contributed by atoms with Crippen molar-refractivity contribution < 1.29 is 13.2 Å². The standard InChI is InChI=1S/C16H14Cl2N2O3S3/c17-11-2-1-3-12-15(11)19-16(24-12)23-10-6-8-20(9-7-10)26(21,22)14-5-4-13(18)25-14/h1-5,10H,6-9H2. The lowest BCUT2D eigenvalue weighted by atomic mass is 10.1. The summed E-state index contributed by atoms with van der Waals surface area (Å²) >= 11 is 14.5. The lowest BCUT2D eigenvalue weighted by Crippen LogP contribution is -2.41. The highest BCUT2D eigenvalue weighted by molar-refractivity contribution is 7.91. The number of fused-ring (bicyclic) bond motifs is 1. The van der Waals surface area contributed by atoms with Crippen molar-refractivity contribution in [3.05, 3.63) is 39.7 Å². The van der Waals surface area contributed by atoms with Crippen molar-refractivity contribution in [2.75, 3.05) is 13.1 Å². The number of hydrogen-bond acceptors (Lipinski definition) is 6. The van der Waals surface area contributed by atoms with Gasteiger partial charge in [0.2, 0.25) is 0 Å². The summed E-state index contributed by atoms with van der Waals surface area (Å²) in [6, 6.07) is 8.79. The molecule has 3 heterocycles. The summed E-state index contributed by atoms with van der Waals surface area (Å²) in [5.41, 5.74) is 0.740. The first-order chi connectivity index (χ1) is 12.4. The molecule has 0 aliphatic carbocycles. The monoisotopic (exact) mass is 448 g/mol. The minimum atomic E-state index is -3.48. The molecule has 26 heavy (non-hydrogen) atoms. The third kappa shape index (κ3) is 3.58. The van der Waals surface area contributed by atoms with Crippen LogP contribution in [0.15, 0.2) is 34.5 Å². The fourth-order valence-electron chi connectivity index (χ4n) is 2.84. The summed E-state index contributed by atoms with van der Waals surface area (Å²) in [5.74, 6) is 0. The third-order valence-corrected chi connectivity index (χ3v) is 8.97. The maximum atomic E-state index is 12.6. The van der Waals surface area contributed by atoms with Crippen molar-refractivity contribution in [1.29, 1.82) is 0 Å². The molecule has 0 unspecified atom stereocenters. The number of nitrogens with zero attached hydrogens (tertiary/aromatic N) is 2. The minimum Gasteiger partial charge on any atom is -0.467 e. The van der Waals surface area contributed by atoms with Crippen LogP contribution in [0.25, 0.3) is 10.2 Å². The molecule has 3 aromatic rings. The molecule has 5 nitrogen and oxygen atoms in total. The maximum absolute atomic E-state index is 12.6. The topological polar surface area (TPSA) is 59.5 Å². The lowest BCUT2D eigenvalue weighted by molar-refractivity contribution is 0.135. The van der Waals surface area contributed by atoms with E-state index in [1.54, 1.807) is 18.2 Å². The van der Waals surface area contributed by atoms with E-state index in [0.717, 1.165) is 21.6 Å². The molecule has 0 spiro atoms. The van der Waals surface area contributed by atoms with E-state index < -0.39 is 10.0 Å². The average Bonchev–Trinajstić information content (AvgIpc) is 3.22. The van der Waals surface area contributed by atoms with Gasteiger partial charge in [-0.25, -0.2) is 13.4 Å². The quantitative estimate of drug-likeness (QED) is 0.569. The van der Waals surface area contributed by atoms with Crippen LogP contribution < -0.4 is 4.74 Å². The van der Waals surface area contributed by atoms with Gasteiger partial charge in [0.1, 0.15) is 15.8 Å². The van der Waals surface area contributed by atoms with Crippen molar-refractivity contribution in [2.45, 2.75) is 23.2 Å². The highest BCUT2D eigenvalue weighted by Gasteiger charge is 2.31. The Labute approximate surface area is 169 Å². The predicted octanol–water partition coefficient (Wildman–Crippen LogP) is 4.90. The summed E-state index contributed by atoms with van der Waals surface area (Å²) in [4.78, 5) is 4.44. The first-order valence-corrected chi connectivity index (χ1v) is 11.7. The van der Waals surface area contributed by atoms with E-state index in [4.69, 9.17) is 27.9 Å². The lowest BCUT2D eigenvalue weighted by Gasteiger charge is -2.30. The van der Waals surface area contributed by atoms with Gasteiger partial charge in [-0.3, -0.25) is 0 Å². The van der Waals surface area contributed by atoms with E-state index in [2.05, 4.69) is 4.98 Å². The molecule has 1 aliphatic rings. The van der Waals surface area contributed by atoms with Gasteiger partial charge in [0.25, 0.3) is 15.2 Å². The molecular weight excluding hydrogens is 435 g/mol. The molecule has 0 amide bonds. The van der Waals surface area contributed by atoms with Gasteiger partial charge in [-0.2, -0.15) is 4.31 Å². The number of aromatic nitrogens is 1. The Bertz CT molecular complexity index is 1040. The van der Waals surface area contributed by atoms with E-state index in [1.165, 1.54) is 15.6 Å². The van der Waals surface area contributed by atoms with Crippen LogP contribution in [0.1, 0.15) is 12.8 Å². The number of piperidine rings is 1. The van der Waals surface area contributed by atoms with Crippen molar-refractivity contribution in [2.24, 2.45) is 0 Å². The van der Waals surface area contributed by atoms with Crippen LogP contribution in [0.4, 0.5) is 0 Å². The number of thiophene rings is 1. The average molecular weight is 449 g/mol. The van der Waals surface area contributed by atoms with Gasteiger partial charge in [0, 0.05) is 13.1 Å². The molecule has 4 rings (SSSR count). The van der Waals surface area contributed by atoms with Crippen LogP contribution in [-0.4, -0.2) is 36.9 Å². The van der Waals surface area contributed by atoms with Gasteiger partial charge in [-0.1, -0.05) is 40.6 Å². The van der Waals surface area contributed by atoms with Gasteiger partial charge < -0.3 is 4.74 Å². The van der Waals surface area contributed by atoms with Crippen LogP contribution in [0, 0.1) is 0 Å². The van der Waals surface area contributed by atoms with Crippen LogP contribution in [-0.2, 0) is 10.0 Å². The molecule has 0 saturated carbocycles. The van der Waals surface area contributed by atoms with E-state index in [9.17, 15) is 8.42 Å². The maximum Gasteiger partial charge on any atom is 0.274 e. The predicted molar refractivity (Wildman–Crippen MR) is 106 cm³/mol. The van der Waals surface area contributed by atoms with Crippen molar-refractivity contribution in [1.82, 2.24) is 9.29 Å². The van der Waals surface area contributed by atoms with Crippen LogP contribution in [0.2, 0.25) is 9.36 Å². The number of hydrogen-bond donors (Lipinski definition) is 0. The number of ether oxygens (including phenoxy) is 1. The molecule has 0 N–H and O–H groups in total. The smallest absolute Gasteiger partial charge is 0.274 e. The molecule has 1 aromatic carbocycles. The van der Waals surface area contributed by atoms with E-state index in [-0.39, 0.29) is 10.3 Å². The van der Waals surface area contributed by atoms with Crippen molar-refractivity contribution >= 4 is 66.1 Å². The zero-order valence-electron chi connectivity index (χ0n) is 13.4. The Morgan fingerprint density at radius 3 is 2.54 bits per heavy atom. The summed E-state index contributed by atoms with van der Waals surface area (Å²) < 4.78 is 34.5. The van der Waals surface area contributed by atoms with Crippen molar-refractivity contribution in [3.8, 4) is 5.19 Å². The number of benzene rings is 1. The normalized spacial score (nSPS) is 17.0. The summed E-state index contributed by atoms with van der Waals surface area (Å²) in [6.07, 6.45) is 1.16. The molecule has 138 valence electrons. The Morgan fingerprint density at radius 1 is 1.12 bits per heavy atom. The fourth-order valence-corrected chi connectivity index (χ4v) is 7.13.